The molecule has 2 heterocycles. The number of benzene rings is 1. The maximum absolute atomic E-state index is 12.3. The number of halogens is 1. The standard InChI is InChI=1S/C18H14ClNO5S2/c1-2-24-15(21)10-20-17(22)14(27-18(20)23)9-12-5-8-16(25-12)26-13-6-3-11(19)4-7-13/h3-9H,2,10H2,1H3/b14-9+. The average Bonchev–Trinajstić information content (AvgIpc) is 3.17. The Morgan fingerprint density at radius 1 is 1.26 bits per heavy atom. The molecule has 1 aliphatic rings. The minimum Gasteiger partial charge on any atom is -0.465 e. The second-order valence-corrected chi connectivity index (χ2v) is 7.79. The number of nitrogens with zero attached hydrogens (tertiary/aromatic N) is 1. The van der Waals surface area contributed by atoms with Gasteiger partial charge in [-0.1, -0.05) is 23.4 Å². The van der Waals surface area contributed by atoms with Crippen LogP contribution in [-0.2, 0) is 14.3 Å². The first-order valence-corrected chi connectivity index (χ1v) is 9.91. The first-order valence-electron chi connectivity index (χ1n) is 7.90. The molecule has 0 bridgehead atoms. The van der Waals surface area contributed by atoms with E-state index in [2.05, 4.69) is 0 Å². The molecule has 1 aromatic heterocycles. The Balaban J connectivity index is 1.69. The molecule has 2 amide bonds. The molecular weight excluding hydrogens is 410 g/mol. The van der Waals surface area contributed by atoms with Crippen LogP contribution in [0.25, 0.3) is 6.08 Å². The number of carbonyl (C=O) groups is 3. The van der Waals surface area contributed by atoms with Crippen molar-refractivity contribution in [3.63, 3.8) is 0 Å². The highest BCUT2D eigenvalue weighted by Gasteiger charge is 2.36. The van der Waals surface area contributed by atoms with Gasteiger partial charge in [0.15, 0.2) is 5.09 Å². The zero-order valence-electron chi connectivity index (χ0n) is 14.1. The molecule has 0 spiro atoms. The molecular formula is C18H14ClNO5S2. The summed E-state index contributed by atoms with van der Waals surface area (Å²) >= 11 is 8.03. The van der Waals surface area contributed by atoms with Crippen LogP contribution in [0.4, 0.5) is 4.79 Å². The molecule has 140 valence electrons. The van der Waals surface area contributed by atoms with E-state index in [1.165, 1.54) is 17.8 Å². The van der Waals surface area contributed by atoms with Crippen LogP contribution in [-0.4, -0.2) is 35.2 Å². The summed E-state index contributed by atoms with van der Waals surface area (Å²) in [6, 6.07) is 10.8. The molecule has 0 radical (unpaired) electrons. The third-order valence-corrected chi connectivity index (χ3v) is 5.46. The Morgan fingerprint density at radius 2 is 2.00 bits per heavy atom. The molecule has 3 rings (SSSR count). The van der Waals surface area contributed by atoms with Crippen molar-refractivity contribution in [1.29, 1.82) is 0 Å². The quantitative estimate of drug-likeness (QED) is 0.493. The summed E-state index contributed by atoms with van der Waals surface area (Å²) in [6.07, 6.45) is 1.49. The van der Waals surface area contributed by atoms with Gasteiger partial charge in [0, 0.05) is 16.0 Å². The molecule has 27 heavy (non-hydrogen) atoms. The minimum absolute atomic E-state index is 0.186. The number of hydrogen-bond acceptors (Lipinski definition) is 7. The fourth-order valence-corrected chi connectivity index (χ4v) is 3.91. The van der Waals surface area contributed by atoms with E-state index < -0.39 is 23.7 Å². The van der Waals surface area contributed by atoms with E-state index in [1.807, 2.05) is 12.1 Å². The Labute approximate surface area is 168 Å². The van der Waals surface area contributed by atoms with Crippen molar-refractivity contribution in [2.75, 3.05) is 13.2 Å². The van der Waals surface area contributed by atoms with Gasteiger partial charge in [-0.15, -0.1) is 0 Å². The molecule has 9 heteroatoms. The van der Waals surface area contributed by atoms with E-state index in [-0.39, 0.29) is 11.5 Å². The van der Waals surface area contributed by atoms with Gasteiger partial charge in [-0.2, -0.15) is 0 Å². The van der Waals surface area contributed by atoms with Gasteiger partial charge in [0.05, 0.1) is 11.5 Å². The summed E-state index contributed by atoms with van der Waals surface area (Å²) in [4.78, 5) is 37.8. The van der Waals surface area contributed by atoms with Gasteiger partial charge in [0.25, 0.3) is 11.1 Å². The predicted octanol–water partition coefficient (Wildman–Crippen LogP) is 4.68. The number of imide groups is 1. The third kappa shape index (κ3) is 4.97. The topological polar surface area (TPSA) is 76.8 Å². The van der Waals surface area contributed by atoms with E-state index in [9.17, 15) is 14.4 Å². The second kappa shape index (κ2) is 8.69. The van der Waals surface area contributed by atoms with Gasteiger partial charge >= 0.3 is 5.97 Å². The van der Waals surface area contributed by atoms with Gasteiger partial charge in [-0.25, -0.2) is 0 Å². The molecule has 1 aromatic carbocycles. The summed E-state index contributed by atoms with van der Waals surface area (Å²) in [5.41, 5.74) is 0. The predicted molar refractivity (Wildman–Crippen MR) is 104 cm³/mol. The summed E-state index contributed by atoms with van der Waals surface area (Å²) in [5.74, 6) is -0.727. The van der Waals surface area contributed by atoms with Crippen LogP contribution >= 0.6 is 35.1 Å². The molecule has 0 saturated carbocycles. The summed E-state index contributed by atoms with van der Waals surface area (Å²) in [6.45, 7) is 1.44. The van der Waals surface area contributed by atoms with E-state index in [0.717, 1.165) is 21.6 Å². The van der Waals surface area contributed by atoms with Crippen LogP contribution in [0.15, 0.2) is 55.7 Å². The number of rotatable bonds is 6. The molecule has 0 atom stereocenters. The van der Waals surface area contributed by atoms with Crippen LogP contribution in [0.3, 0.4) is 0 Å². The van der Waals surface area contributed by atoms with Gasteiger partial charge in [-0.3, -0.25) is 19.3 Å². The van der Waals surface area contributed by atoms with Gasteiger partial charge in [0.1, 0.15) is 12.3 Å². The van der Waals surface area contributed by atoms with E-state index in [4.69, 9.17) is 20.8 Å². The lowest BCUT2D eigenvalue weighted by Crippen LogP contribution is -2.34. The van der Waals surface area contributed by atoms with Crippen LogP contribution in [0.1, 0.15) is 12.7 Å². The highest BCUT2D eigenvalue weighted by atomic mass is 35.5. The smallest absolute Gasteiger partial charge is 0.326 e. The number of carbonyl (C=O) groups excluding carboxylic acids is 3. The lowest BCUT2D eigenvalue weighted by atomic mass is 10.3. The zero-order valence-corrected chi connectivity index (χ0v) is 16.5. The highest BCUT2D eigenvalue weighted by Crippen LogP contribution is 2.34. The number of amides is 2. The Kier molecular flexibility index (Phi) is 6.30. The van der Waals surface area contributed by atoms with Crippen molar-refractivity contribution < 1.29 is 23.5 Å². The second-order valence-electron chi connectivity index (χ2n) is 5.29. The maximum Gasteiger partial charge on any atom is 0.326 e. The number of ether oxygens (including phenoxy) is 1. The van der Waals surface area contributed by atoms with E-state index >= 15 is 0 Å². The Bertz CT molecular complexity index is 907. The van der Waals surface area contributed by atoms with Crippen molar-refractivity contribution in [1.82, 2.24) is 4.90 Å². The zero-order chi connectivity index (χ0) is 19.4. The van der Waals surface area contributed by atoms with Gasteiger partial charge < -0.3 is 9.15 Å². The summed E-state index contributed by atoms with van der Waals surface area (Å²) in [7, 11) is 0. The molecule has 1 aliphatic heterocycles. The van der Waals surface area contributed by atoms with Crippen LogP contribution in [0.5, 0.6) is 0 Å². The number of thioether (sulfide) groups is 1. The monoisotopic (exact) mass is 423 g/mol. The lowest BCUT2D eigenvalue weighted by Gasteiger charge is -2.10. The molecule has 6 nitrogen and oxygen atoms in total. The Morgan fingerprint density at radius 3 is 2.70 bits per heavy atom. The third-order valence-electron chi connectivity index (χ3n) is 3.37. The van der Waals surface area contributed by atoms with Crippen molar-refractivity contribution >= 4 is 58.3 Å². The molecule has 0 aliphatic carbocycles. The molecule has 1 fully saturated rings. The summed E-state index contributed by atoms with van der Waals surface area (Å²) < 4.78 is 10.5. The van der Waals surface area contributed by atoms with E-state index in [1.54, 1.807) is 31.2 Å². The number of hydrogen-bond donors (Lipinski definition) is 0. The average molecular weight is 424 g/mol. The Hall–Kier alpha value is -2.16. The first-order chi connectivity index (χ1) is 13.0. The maximum atomic E-state index is 12.3. The minimum atomic E-state index is -0.624. The van der Waals surface area contributed by atoms with Crippen LogP contribution in [0.2, 0.25) is 5.02 Å². The normalized spacial score (nSPS) is 15.6. The largest absolute Gasteiger partial charge is 0.465 e. The summed E-state index contributed by atoms with van der Waals surface area (Å²) in [5, 5.41) is 0.772. The van der Waals surface area contributed by atoms with Gasteiger partial charge in [0.2, 0.25) is 0 Å². The van der Waals surface area contributed by atoms with Gasteiger partial charge in [-0.05, 0) is 55.1 Å². The van der Waals surface area contributed by atoms with Crippen LogP contribution in [0, 0.1) is 0 Å². The molecule has 1 saturated heterocycles. The van der Waals surface area contributed by atoms with Crippen molar-refractivity contribution in [2.45, 2.75) is 16.9 Å². The lowest BCUT2D eigenvalue weighted by molar-refractivity contribution is -0.145. The molecule has 0 N–H and O–H groups in total. The fraction of sp³-hybridized carbons (Fsp3) is 0.167. The van der Waals surface area contributed by atoms with E-state index in [0.29, 0.717) is 15.9 Å². The molecule has 2 aromatic rings. The first kappa shape index (κ1) is 19.6. The molecule has 0 unspecified atom stereocenters. The van der Waals surface area contributed by atoms with Crippen LogP contribution < -0.4 is 0 Å². The number of esters is 1. The fourth-order valence-electron chi connectivity index (χ4n) is 2.19. The SMILES string of the molecule is CCOC(=O)CN1C(=O)S/C(=C/c2ccc(Sc3ccc(Cl)cc3)o2)C1=O. The number of furan rings is 1. The van der Waals surface area contributed by atoms with Crippen molar-refractivity contribution in [2.24, 2.45) is 0 Å². The van der Waals surface area contributed by atoms with Crippen molar-refractivity contribution in [3.05, 3.63) is 52.1 Å². The highest BCUT2D eigenvalue weighted by molar-refractivity contribution is 8.18. The van der Waals surface area contributed by atoms with Crippen molar-refractivity contribution in [3.8, 4) is 0 Å².